The van der Waals surface area contributed by atoms with Crippen LogP contribution in [0.25, 0.3) is 0 Å². The van der Waals surface area contributed by atoms with E-state index in [1.807, 2.05) is 24.3 Å². The minimum atomic E-state index is -0.506. The van der Waals surface area contributed by atoms with Gasteiger partial charge in [-0.25, -0.2) is 9.59 Å². The highest BCUT2D eigenvalue weighted by atomic mass is 16.6. The molecule has 188 valence electrons. The van der Waals surface area contributed by atoms with Crippen molar-refractivity contribution in [3.05, 3.63) is 84.3 Å². The van der Waals surface area contributed by atoms with Gasteiger partial charge in [-0.2, -0.15) is 0 Å². The molecule has 2 aliphatic heterocycles. The van der Waals surface area contributed by atoms with Crippen LogP contribution in [0.4, 0.5) is 21.0 Å². The van der Waals surface area contributed by atoms with E-state index in [0.29, 0.717) is 24.6 Å². The monoisotopic (exact) mass is 490 g/mol. The van der Waals surface area contributed by atoms with Crippen LogP contribution in [0.5, 0.6) is 0 Å². The molecule has 3 aliphatic rings. The maximum atomic E-state index is 12.2. The van der Waals surface area contributed by atoms with Gasteiger partial charge in [-0.05, 0) is 60.4 Å². The SMILES string of the molecule is O=C(Nc1ccc(C2(c3ccc(NC(=O)OC4C=COC4)cc3)CCCCC2)cc1)OC1C=COC1. The summed E-state index contributed by atoms with van der Waals surface area (Å²) in [5.41, 5.74) is 3.66. The van der Waals surface area contributed by atoms with Crippen LogP contribution >= 0.6 is 0 Å². The minimum Gasteiger partial charge on any atom is -0.497 e. The van der Waals surface area contributed by atoms with Crippen LogP contribution in [0, 0.1) is 0 Å². The van der Waals surface area contributed by atoms with E-state index < -0.39 is 12.2 Å². The summed E-state index contributed by atoms with van der Waals surface area (Å²) in [6, 6.07) is 16.0. The molecule has 5 rings (SSSR count). The van der Waals surface area contributed by atoms with Crippen LogP contribution in [0.3, 0.4) is 0 Å². The molecular weight excluding hydrogens is 460 g/mol. The van der Waals surface area contributed by atoms with E-state index in [0.717, 1.165) is 25.7 Å². The highest BCUT2D eigenvalue weighted by molar-refractivity contribution is 5.85. The molecule has 36 heavy (non-hydrogen) atoms. The average molecular weight is 491 g/mol. The summed E-state index contributed by atoms with van der Waals surface area (Å²) < 4.78 is 20.8. The van der Waals surface area contributed by atoms with Gasteiger partial charge in [0.1, 0.15) is 13.2 Å². The molecule has 8 nitrogen and oxygen atoms in total. The Morgan fingerprint density at radius 1 is 0.694 bits per heavy atom. The molecule has 2 aromatic rings. The highest BCUT2D eigenvalue weighted by Gasteiger charge is 2.35. The third-order valence-corrected chi connectivity index (χ3v) is 6.89. The zero-order chi connectivity index (χ0) is 24.8. The Hall–Kier alpha value is -3.94. The lowest BCUT2D eigenvalue weighted by Crippen LogP contribution is -2.30. The number of hydrogen-bond donors (Lipinski definition) is 2. The summed E-state index contributed by atoms with van der Waals surface area (Å²) in [5.74, 6) is 0. The molecule has 1 fully saturated rings. The van der Waals surface area contributed by atoms with Gasteiger partial charge in [0.2, 0.25) is 0 Å². The van der Waals surface area contributed by atoms with Crippen molar-refractivity contribution in [3.8, 4) is 0 Å². The highest BCUT2D eigenvalue weighted by Crippen LogP contribution is 2.45. The molecule has 2 atom stereocenters. The molecule has 0 radical (unpaired) electrons. The molecule has 1 aliphatic carbocycles. The summed E-state index contributed by atoms with van der Waals surface area (Å²) in [4.78, 5) is 24.3. The molecule has 2 N–H and O–H groups in total. The van der Waals surface area contributed by atoms with Crippen LogP contribution < -0.4 is 10.6 Å². The Morgan fingerprint density at radius 3 is 1.53 bits per heavy atom. The molecule has 2 aromatic carbocycles. The van der Waals surface area contributed by atoms with Gasteiger partial charge < -0.3 is 18.9 Å². The molecule has 8 heteroatoms. The molecule has 0 spiro atoms. The van der Waals surface area contributed by atoms with E-state index in [1.54, 1.807) is 12.2 Å². The van der Waals surface area contributed by atoms with Crippen LogP contribution in [-0.4, -0.2) is 37.6 Å². The molecule has 0 aromatic heterocycles. The van der Waals surface area contributed by atoms with Gasteiger partial charge in [0.15, 0.2) is 12.2 Å². The predicted molar refractivity (Wildman–Crippen MR) is 135 cm³/mol. The van der Waals surface area contributed by atoms with Crippen LogP contribution in [0.15, 0.2) is 73.2 Å². The van der Waals surface area contributed by atoms with E-state index in [9.17, 15) is 9.59 Å². The normalized spacial score (nSPS) is 21.8. The van der Waals surface area contributed by atoms with Crippen molar-refractivity contribution < 1.29 is 28.5 Å². The molecule has 2 amide bonds. The number of amides is 2. The number of ether oxygens (including phenoxy) is 4. The average Bonchev–Trinajstić information content (AvgIpc) is 3.60. The lowest BCUT2D eigenvalue weighted by atomic mass is 9.65. The summed E-state index contributed by atoms with van der Waals surface area (Å²) in [7, 11) is 0. The maximum Gasteiger partial charge on any atom is 0.412 e. The topological polar surface area (TPSA) is 95.1 Å². The third kappa shape index (κ3) is 5.48. The van der Waals surface area contributed by atoms with E-state index in [-0.39, 0.29) is 17.6 Å². The number of carbonyl (C=O) groups is 2. The second-order valence-corrected chi connectivity index (χ2v) is 9.26. The van der Waals surface area contributed by atoms with Gasteiger partial charge in [0.25, 0.3) is 0 Å². The Labute approximate surface area is 210 Å². The number of benzene rings is 2. The van der Waals surface area contributed by atoms with Gasteiger partial charge in [-0.1, -0.05) is 43.5 Å². The molecular formula is C28H30N2O6. The predicted octanol–water partition coefficient (Wildman–Crippen LogP) is 5.86. The van der Waals surface area contributed by atoms with Crippen LogP contribution in [0.1, 0.15) is 43.2 Å². The Morgan fingerprint density at radius 2 is 1.14 bits per heavy atom. The van der Waals surface area contributed by atoms with Crippen molar-refractivity contribution >= 4 is 23.6 Å². The molecule has 0 bridgehead atoms. The summed E-state index contributed by atoms with van der Waals surface area (Å²) in [5, 5.41) is 5.58. The lowest BCUT2D eigenvalue weighted by Gasteiger charge is -2.39. The van der Waals surface area contributed by atoms with Gasteiger partial charge in [0, 0.05) is 16.8 Å². The summed E-state index contributed by atoms with van der Waals surface area (Å²) >= 11 is 0. The van der Waals surface area contributed by atoms with Crippen molar-refractivity contribution in [2.24, 2.45) is 0 Å². The number of nitrogens with one attached hydrogen (secondary N) is 2. The second kappa shape index (κ2) is 10.8. The third-order valence-electron chi connectivity index (χ3n) is 6.89. The summed E-state index contributed by atoms with van der Waals surface area (Å²) in [6.07, 6.45) is 10.4. The smallest absolute Gasteiger partial charge is 0.412 e. The number of anilines is 2. The van der Waals surface area contributed by atoms with Crippen LogP contribution in [-0.2, 0) is 24.4 Å². The molecule has 0 saturated heterocycles. The zero-order valence-electron chi connectivity index (χ0n) is 20.0. The van der Waals surface area contributed by atoms with E-state index >= 15 is 0 Å². The van der Waals surface area contributed by atoms with Crippen molar-refractivity contribution in [1.82, 2.24) is 0 Å². The van der Waals surface area contributed by atoms with E-state index in [4.69, 9.17) is 18.9 Å². The molecule has 2 heterocycles. The zero-order valence-corrected chi connectivity index (χ0v) is 20.0. The fourth-order valence-corrected chi connectivity index (χ4v) is 5.06. The number of hydrogen-bond acceptors (Lipinski definition) is 6. The van der Waals surface area contributed by atoms with Crippen LogP contribution in [0.2, 0.25) is 0 Å². The maximum absolute atomic E-state index is 12.2. The Balaban J connectivity index is 1.27. The number of carbonyl (C=O) groups excluding carboxylic acids is 2. The van der Waals surface area contributed by atoms with Crippen molar-refractivity contribution in [3.63, 3.8) is 0 Å². The lowest BCUT2D eigenvalue weighted by molar-refractivity contribution is 0.104. The number of rotatable bonds is 6. The van der Waals surface area contributed by atoms with Gasteiger partial charge in [0.05, 0.1) is 12.5 Å². The fraction of sp³-hybridized carbons (Fsp3) is 0.357. The van der Waals surface area contributed by atoms with E-state index in [1.165, 1.54) is 30.1 Å². The van der Waals surface area contributed by atoms with E-state index in [2.05, 4.69) is 34.9 Å². The first-order valence-corrected chi connectivity index (χ1v) is 12.3. The first-order chi connectivity index (χ1) is 17.6. The van der Waals surface area contributed by atoms with Crippen molar-refractivity contribution in [2.75, 3.05) is 23.8 Å². The Kier molecular flexibility index (Phi) is 7.11. The van der Waals surface area contributed by atoms with Crippen molar-refractivity contribution in [2.45, 2.75) is 49.7 Å². The summed E-state index contributed by atoms with van der Waals surface area (Å²) in [6.45, 7) is 0.689. The van der Waals surface area contributed by atoms with Gasteiger partial charge in [-0.3, -0.25) is 10.6 Å². The molecule has 1 saturated carbocycles. The largest absolute Gasteiger partial charge is 0.497 e. The van der Waals surface area contributed by atoms with Gasteiger partial charge in [-0.15, -0.1) is 0 Å². The van der Waals surface area contributed by atoms with Crippen molar-refractivity contribution in [1.29, 1.82) is 0 Å². The fourth-order valence-electron chi connectivity index (χ4n) is 5.06. The standard InChI is InChI=1S/C28H30N2O6/c31-26(35-24-12-16-33-18-24)29-22-8-4-20(5-9-22)28(14-2-1-3-15-28)21-6-10-23(11-7-21)30-27(32)36-25-13-17-34-19-25/h4-13,16-17,24-25H,1-3,14-15,18-19H2,(H,29,31)(H,30,32). The van der Waals surface area contributed by atoms with Gasteiger partial charge >= 0.3 is 12.2 Å². The first kappa shape index (κ1) is 23.8. The quantitative estimate of drug-likeness (QED) is 0.527. The Bertz CT molecular complexity index is 1040. The molecule has 2 unspecified atom stereocenters. The first-order valence-electron chi connectivity index (χ1n) is 12.3. The second-order valence-electron chi connectivity index (χ2n) is 9.26. The minimum absolute atomic E-state index is 0.117.